The Bertz CT molecular complexity index is 117. The summed E-state index contributed by atoms with van der Waals surface area (Å²) in [5, 5.41) is 0. The van der Waals surface area contributed by atoms with Crippen molar-refractivity contribution in [2.75, 3.05) is 41.2 Å². The van der Waals surface area contributed by atoms with Crippen LogP contribution in [0.4, 0.5) is 0 Å². The number of hydrogen-bond donors (Lipinski definition) is 1. The number of thiol groups is 1. The fourth-order valence-corrected chi connectivity index (χ4v) is 1.28. The van der Waals surface area contributed by atoms with E-state index in [1.807, 2.05) is 27.0 Å². The molecule has 12 heavy (non-hydrogen) atoms. The Labute approximate surface area is 81.5 Å². The van der Waals surface area contributed by atoms with Gasteiger partial charge in [0.05, 0.1) is 6.67 Å². The number of rotatable bonds is 6. The minimum absolute atomic E-state index is 0.543. The van der Waals surface area contributed by atoms with Crippen molar-refractivity contribution in [3.05, 3.63) is 0 Å². The monoisotopic (exact) mass is 191 g/mol. The van der Waals surface area contributed by atoms with E-state index >= 15 is 0 Å². The van der Waals surface area contributed by atoms with Crippen LogP contribution in [0.15, 0.2) is 0 Å². The summed E-state index contributed by atoms with van der Waals surface area (Å²) in [6, 6.07) is 0. The predicted octanol–water partition coefficient (Wildman–Crippen LogP) is -0.936. The van der Waals surface area contributed by atoms with Gasteiger partial charge in [0, 0.05) is 6.67 Å². The van der Waals surface area contributed by atoms with E-state index in [9.17, 15) is 0 Å². The molecule has 0 bridgehead atoms. The number of nitrogens with zero attached hydrogens (tertiary/aromatic N) is 3. The molecule has 0 atom stereocenters. The standard InChI is InChI=1S/C6H18BN3OS/c1-8(5-10(3)7)4-9(2)6-11-12/h12H,4-7H2,1-3H3. The third-order valence-corrected chi connectivity index (χ3v) is 1.40. The van der Waals surface area contributed by atoms with Crippen LogP contribution >= 0.6 is 12.9 Å². The van der Waals surface area contributed by atoms with Crippen molar-refractivity contribution in [3.63, 3.8) is 0 Å². The molecule has 0 saturated carbocycles. The van der Waals surface area contributed by atoms with Crippen LogP contribution in [0.25, 0.3) is 0 Å². The first kappa shape index (κ1) is 12.3. The Hall–Kier alpha value is 0.255. The van der Waals surface area contributed by atoms with Crippen LogP contribution in [0.5, 0.6) is 0 Å². The highest BCUT2D eigenvalue weighted by Gasteiger charge is 2.02. The molecule has 0 aromatic carbocycles. The largest absolute Gasteiger partial charge is 0.340 e. The lowest BCUT2D eigenvalue weighted by atomic mass is 10.4. The maximum Gasteiger partial charge on any atom is 0.186 e. The van der Waals surface area contributed by atoms with Crippen LogP contribution in [0.3, 0.4) is 0 Å². The Morgan fingerprint density at radius 2 is 1.75 bits per heavy atom. The quantitative estimate of drug-likeness (QED) is 0.253. The highest BCUT2D eigenvalue weighted by molar-refractivity contribution is 7.75. The zero-order valence-corrected chi connectivity index (χ0v) is 9.21. The van der Waals surface area contributed by atoms with Gasteiger partial charge in [-0.1, -0.05) is 0 Å². The van der Waals surface area contributed by atoms with Crippen molar-refractivity contribution in [1.29, 1.82) is 0 Å². The molecule has 0 saturated heterocycles. The van der Waals surface area contributed by atoms with E-state index in [4.69, 9.17) is 0 Å². The predicted molar refractivity (Wildman–Crippen MR) is 56.5 cm³/mol. The van der Waals surface area contributed by atoms with Crippen molar-refractivity contribution in [1.82, 2.24) is 14.6 Å². The molecular formula is C6H18BN3OS. The van der Waals surface area contributed by atoms with E-state index in [1.165, 1.54) is 0 Å². The van der Waals surface area contributed by atoms with E-state index < -0.39 is 0 Å². The molecule has 0 aliphatic heterocycles. The Morgan fingerprint density at radius 3 is 2.17 bits per heavy atom. The summed E-state index contributed by atoms with van der Waals surface area (Å²) in [5.41, 5.74) is 0. The van der Waals surface area contributed by atoms with Crippen molar-refractivity contribution in [3.8, 4) is 0 Å². The van der Waals surface area contributed by atoms with Gasteiger partial charge in [-0.05, 0) is 34.1 Å². The molecule has 0 aliphatic rings. The van der Waals surface area contributed by atoms with E-state index in [-0.39, 0.29) is 0 Å². The van der Waals surface area contributed by atoms with Crippen molar-refractivity contribution >= 4 is 20.9 Å². The summed E-state index contributed by atoms with van der Waals surface area (Å²) in [5.74, 6) is 0. The molecule has 0 heterocycles. The van der Waals surface area contributed by atoms with Crippen LogP contribution in [0.1, 0.15) is 0 Å². The van der Waals surface area contributed by atoms with E-state index in [0.717, 1.165) is 13.3 Å². The zero-order chi connectivity index (χ0) is 9.56. The third kappa shape index (κ3) is 6.93. The highest BCUT2D eigenvalue weighted by atomic mass is 32.1. The van der Waals surface area contributed by atoms with E-state index in [1.54, 1.807) is 0 Å². The fraction of sp³-hybridized carbons (Fsp3) is 1.00. The second-order valence-electron chi connectivity index (χ2n) is 3.33. The third-order valence-electron chi connectivity index (χ3n) is 1.29. The van der Waals surface area contributed by atoms with E-state index in [2.05, 4.69) is 33.9 Å². The van der Waals surface area contributed by atoms with Crippen LogP contribution in [-0.4, -0.2) is 63.8 Å². The summed E-state index contributed by atoms with van der Waals surface area (Å²) in [4.78, 5) is 6.35. The maximum atomic E-state index is 4.69. The lowest BCUT2D eigenvalue weighted by Crippen LogP contribution is -2.39. The molecule has 0 aromatic rings. The minimum atomic E-state index is 0.543. The van der Waals surface area contributed by atoms with Crippen LogP contribution in [-0.2, 0) is 4.18 Å². The van der Waals surface area contributed by atoms with Crippen LogP contribution in [0.2, 0.25) is 0 Å². The average Bonchev–Trinajstić information content (AvgIpc) is 1.84. The SMILES string of the molecule is BN(C)CN(C)CN(C)COS. The summed E-state index contributed by atoms with van der Waals surface area (Å²) in [7, 11) is 8.15. The smallest absolute Gasteiger partial charge is 0.186 e. The van der Waals surface area contributed by atoms with Gasteiger partial charge in [0.25, 0.3) is 0 Å². The molecule has 0 radical (unpaired) electrons. The molecule has 0 N–H and O–H groups in total. The van der Waals surface area contributed by atoms with Gasteiger partial charge in [-0.3, -0.25) is 9.80 Å². The van der Waals surface area contributed by atoms with Crippen LogP contribution in [0, 0.1) is 0 Å². The fourth-order valence-electron chi connectivity index (χ4n) is 1.08. The van der Waals surface area contributed by atoms with Gasteiger partial charge >= 0.3 is 0 Å². The maximum absolute atomic E-state index is 4.69. The first-order valence-electron chi connectivity index (χ1n) is 3.84. The zero-order valence-electron chi connectivity index (χ0n) is 8.32. The molecule has 0 fully saturated rings. The Balaban J connectivity index is 3.46. The first-order valence-corrected chi connectivity index (χ1v) is 4.21. The van der Waals surface area contributed by atoms with Crippen molar-refractivity contribution in [2.45, 2.75) is 0 Å². The van der Waals surface area contributed by atoms with Gasteiger partial charge in [-0.25, -0.2) is 0 Å². The molecule has 0 unspecified atom stereocenters. The van der Waals surface area contributed by atoms with Gasteiger partial charge in [0.1, 0.15) is 6.73 Å². The Kier molecular flexibility index (Phi) is 6.88. The normalized spacial score (nSPS) is 11.9. The minimum Gasteiger partial charge on any atom is -0.340 e. The summed E-state index contributed by atoms with van der Waals surface area (Å²) in [6.07, 6.45) is 0. The van der Waals surface area contributed by atoms with Gasteiger partial charge in [-0.2, -0.15) is 0 Å². The molecule has 72 valence electrons. The lowest BCUT2D eigenvalue weighted by Gasteiger charge is -2.26. The molecule has 0 spiro atoms. The summed E-state index contributed by atoms with van der Waals surface area (Å²) >= 11 is 3.68. The molecule has 0 rings (SSSR count). The van der Waals surface area contributed by atoms with Crippen molar-refractivity contribution in [2.24, 2.45) is 0 Å². The van der Waals surface area contributed by atoms with Crippen molar-refractivity contribution < 1.29 is 4.18 Å². The molecule has 0 aliphatic carbocycles. The molecule has 0 amide bonds. The molecule has 0 aromatic heterocycles. The van der Waals surface area contributed by atoms with Gasteiger partial charge in [0.2, 0.25) is 0 Å². The molecular weight excluding hydrogens is 173 g/mol. The number of hydrogen-bond acceptors (Lipinski definition) is 5. The first-order chi connectivity index (χ1) is 5.56. The topological polar surface area (TPSA) is 19.0 Å². The summed E-state index contributed by atoms with van der Waals surface area (Å²) in [6.45, 7) is 2.36. The second kappa shape index (κ2) is 6.74. The second-order valence-corrected chi connectivity index (χ2v) is 3.59. The van der Waals surface area contributed by atoms with Gasteiger partial charge in [0.15, 0.2) is 7.98 Å². The van der Waals surface area contributed by atoms with Crippen LogP contribution < -0.4 is 0 Å². The average molecular weight is 191 g/mol. The lowest BCUT2D eigenvalue weighted by molar-refractivity contribution is 0.0960. The molecule has 6 heteroatoms. The molecule has 4 nitrogen and oxygen atoms in total. The van der Waals surface area contributed by atoms with Gasteiger partial charge < -0.3 is 8.99 Å². The summed E-state index contributed by atoms with van der Waals surface area (Å²) < 4.78 is 4.69. The van der Waals surface area contributed by atoms with E-state index in [0.29, 0.717) is 6.73 Å². The van der Waals surface area contributed by atoms with Gasteiger partial charge in [-0.15, -0.1) is 0 Å². The Morgan fingerprint density at radius 1 is 1.17 bits per heavy atom. The highest BCUT2D eigenvalue weighted by Crippen LogP contribution is 1.90.